The molecule has 0 spiro atoms. The van der Waals surface area contributed by atoms with Crippen molar-refractivity contribution in [3.63, 3.8) is 0 Å². The summed E-state index contributed by atoms with van der Waals surface area (Å²) in [5.74, 6) is 0. The molecule has 0 aromatic carbocycles. The SMILES string of the molecule is F.O.O=P(O)(O)O.[Ce].[La].[NaH].[SrH2]. The standard InChI is InChI=1S/Ce.FH.La.Na.H3O4P.H2O.Sr.3H/c;;;;1-5(2,3)4;;;;;/h;1H;;;(H3,1,2,3,4);1H2;;;;. The van der Waals surface area contributed by atoms with E-state index in [0.29, 0.717) is 0 Å². The molecule has 0 fully saturated rings. The van der Waals surface area contributed by atoms with E-state index in [9.17, 15) is 0 Å². The number of rotatable bonds is 0. The number of phosphoric acid groups is 1. The van der Waals surface area contributed by atoms with Gasteiger partial charge in [0.15, 0.2) is 0 Å². The minimum atomic E-state index is -4.64. The Balaban J connectivity index is -0.00000000533. The van der Waals surface area contributed by atoms with Crippen LogP contribution in [-0.2, 0) is 4.57 Å². The summed E-state index contributed by atoms with van der Waals surface area (Å²) in [6, 6.07) is 0. The molecule has 1 radical (unpaired) electrons. The summed E-state index contributed by atoms with van der Waals surface area (Å²) in [6.45, 7) is 0. The first-order valence-electron chi connectivity index (χ1n) is 0.783. The predicted octanol–water partition coefficient (Wildman–Crippen LogP) is -3.17. The zero-order valence-corrected chi connectivity index (χ0v) is 11.8. The van der Waals surface area contributed by atoms with Gasteiger partial charge in [-0.15, -0.1) is 0 Å². The second-order valence-electron chi connectivity index (χ2n) is 0.513. The molecule has 0 aromatic heterocycles. The van der Waals surface area contributed by atoms with E-state index in [0.717, 1.165) is 0 Å². The van der Waals surface area contributed by atoms with Gasteiger partial charge >= 0.3 is 82.9 Å². The van der Waals surface area contributed by atoms with Crippen LogP contribution in [0.3, 0.4) is 0 Å². The topological polar surface area (TPSA) is 109 Å². The molecule has 0 amide bonds. The van der Waals surface area contributed by atoms with Crippen LogP contribution in [0.2, 0.25) is 0 Å². The van der Waals surface area contributed by atoms with Crippen molar-refractivity contribution in [3.05, 3.63) is 0 Å². The zero-order valence-electron chi connectivity index (χ0n) is 4.18. The molecule has 11 heteroatoms. The van der Waals surface area contributed by atoms with Gasteiger partial charge in [0.05, 0.1) is 0 Å². The van der Waals surface area contributed by atoms with Gasteiger partial charge in [0.25, 0.3) is 0 Å². The summed E-state index contributed by atoms with van der Waals surface area (Å²) in [5, 5.41) is 0. The van der Waals surface area contributed by atoms with Crippen LogP contribution in [0.15, 0.2) is 0 Å². The molecule has 0 aliphatic heterocycles. The van der Waals surface area contributed by atoms with Crippen molar-refractivity contribution in [2.75, 3.05) is 0 Å². The van der Waals surface area contributed by atoms with Crippen LogP contribution >= 0.6 is 7.82 Å². The van der Waals surface area contributed by atoms with Gasteiger partial charge in [-0.2, -0.15) is 0 Å². The molecular formula is H9CeFLaNaO5PSr. The van der Waals surface area contributed by atoms with Crippen molar-refractivity contribution in [3.8, 4) is 0 Å². The summed E-state index contributed by atoms with van der Waals surface area (Å²) < 4.78 is 8.88. The molecule has 61 valence electrons. The number of hydrogen-bond acceptors (Lipinski definition) is 1. The van der Waals surface area contributed by atoms with Gasteiger partial charge in [-0.1, -0.05) is 0 Å². The van der Waals surface area contributed by atoms with E-state index < -0.39 is 7.82 Å². The fourth-order valence-electron chi connectivity index (χ4n) is 0. The van der Waals surface area contributed by atoms with Crippen LogP contribution in [-0.4, -0.2) is 95.2 Å². The molecule has 0 heterocycles. The van der Waals surface area contributed by atoms with E-state index in [2.05, 4.69) is 0 Å². The molecule has 0 saturated carbocycles. The third kappa shape index (κ3) is 100. The van der Waals surface area contributed by atoms with E-state index in [1.54, 1.807) is 0 Å². The Morgan fingerprint density at radius 2 is 1.09 bits per heavy atom. The monoisotopic (exact) mass is 529 g/mol. The van der Waals surface area contributed by atoms with Crippen LogP contribution in [0.25, 0.3) is 0 Å². The summed E-state index contributed by atoms with van der Waals surface area (Å²) in [5.41, 5.74) is 0. The summed E-state index contributed by atoms with van der Waals surface area (Å²) in [6.07, 6.45) is 0. The first-order chi connectivity index (χ1) is 2.00. The molecule has 5 N–H and O–H groups in total. The molecule has 0 aromatic rings. The average molecular weight is 529 g/mol. The van der Waals surface area contributed by atoms with Crippen molar-refractivity contribution in [1.82, 2.24) is 0 Å². The van der Waals surface area contributed by atoms with Gasteiger partial charge in [-0.25, -0.2) is 4.57 Å². The molecule has 5 nitrogen and oxygen atoms in total. The fourth-order valence-corrected chi connectivity index (χ4v) is 0. The maximum absolute atomic E-state index is 8.88. The fraction of sp³-hybridized carbons (Fsp3) is 0. The molecule has 0 aliphatic carbocycles. The third-order valence-corrected chi connectivity index (χ3v) is 0. The second kappa shape index (κ2) is 24.3. The Morgan fingerprint density at radius 3 is 1.09 bits per heavy atom. The molecule has 0 bridgehead atoms. The van der Waals surface area contributed by atoms with Crippen molar-refractivity contribution >= 4 is 82.9 Å². The quantitative estimate of drug-likeness (QED) is 0.228. The normalized spacial score (nSPS) is 5.36. The second-order valence-corrected chi connectivity index (χ2v) is 1.54. The van der Waals surface area contributed by atoms with Gasteiger partial charge in [0.1, 0.15) is 0 Å². The van der Waals surface area contributed by atoms with Crippen LogP contribution in [0.1, 0.15) is 0 Å². The van der Waals surface area contributed by atoms with Crippen molar-refractivity contribution in [2.45, 2.75) is 0 Å². The molecule has 0 aliphatic rings. The molecule has 11 heavy (non-hydrogen) atoms. The van der Waals surface area contributed by atoms with Crippen LogP contribution in [0.4, 0.5) is 4.70 Å². The predicted molar refractivity (Wildman–Crippen MR) is 36.1 cm³/mol. The van der Waals surface area contributed by atoms with E-state index in [4.69, 9.17) is 19.2 Å². The van der Waals surface area contributed by atoms with Gasteiger partial charge < -0.3 is 20.2 Å². The van der Waals surface area contributed by atoms with Gasteiger partial charge in [-0.3, -0.25) is 4.70 Å². The number of halogens is 1. The third-order valence-electron chi connectivity index (χ3n) is 0. The van der Waals surface area contributed by atoms with E-state index >= 15 is 0 Å². The van der Waals surface area contributed by atoms with Crippen LogP contribution in [0.5, 0.6) is 0 Å². The molecule has 0 saturated heterocycles. The maximum atomic E-state index is 8.88. The average Bonchev–Trinajstić information content (AvgIpc) is 0.722. The molecule has 0 rings (SSSR count). The minimum absolute atomic E-state index is 0. The Kier molecular flexibility index (Phi) is 98.2. The molecular weight excluding hydrogens is 520 g/mol. The Labute approximate surface area is 184 Å². The number of hydrogen-bond donors (Lipinski definition) is 3. The Hall–Kier alpha value is 5.05. The van der Waals surface area contributed by atoms with Crippen molar-refractivity contribution in [1.29, 1.82) is 0 Å². The van der Waals surface area contributed by atoms with Crippen LogP contribution in [0, 0.1) is 77.3 Å². The summed E-state index contributed by atoms with van der Waals surface area (Å²) in [7, 11) is -4.64. The Bertz CT molecular complexity index is 72.6. The van der Waals surface area contributed by atoms with Gasteiger partial charge in [0.2, 0.25) is 0 Å². The first-order valence-corrected chi connectivity index (χ1v) is 2.35. The molecule has 0 unspecified atom stereocenters. The van der Waals surface area contributed by atoms with E-state index in [1.807, 2.05) is 0 Å². The first kappa shape index (κ1) is 44.4. The zero-order chi connectivity index (χ0) is 4.50. The van der Waals surface area contributed by atoms with Gasteiger partial charge in [0, 0.05) is 77.3 Å². The summed E-state index contributed by atoms with van der Waals surface area (Å²) in [4.78, 5) is 21.6. The van der Waals surface area contributed by atoms with Crippen LogP contribution < -0.4 is 0 Å². The van der Waals surface area contributed by atoms with E-state index in [-0.39, 0.29) is 163 Å². The van der Waals surface area contributed by atoms with E-state index in [1.165, 1.54) is 0 Å². The Morgan fingerprint density at radius 1 is 1.09 bits per heavy atom. The van der Waals surface area contributed by atoms with Crippen molar-refractivity contribution in [2.24, 2.45) is 0 Å². The van der Waals surface area contributed by atoms with Crippen molar-refractivity contribution < 1.29 is 107 Å². The summed E-state index contributed by atoms with van der Waals surface area (Å²) >= 11 is 0. The van der Waals surface area contributed by atoms with Gasteiger partial charge in [-0.05, 0) is 0 Å². The molecule has 0 atom stereocenters.